The minimum absolute atomic E-state index is 0.0666. The molecule has 0 atom stereocenters. The van der Waals surface area contributed by atoms with Crippen LogP contribution in [0.25, 0.3) is 0 Å². The number of carbonyl (C=O) groups is 2. The summed E-state index contributed by atoms with van der Waals surface area (Å²) in [5, 5.41) is 0. The molecule has 17 heavy (non-hydrogen) atoms. The van der Waals surface area contributed by atoms with Crippen LogP contribution in [0.3, 0.4) is 0 Å². The number of primary amides is 2. The first-order chi connectivity index (χ1) is 7.64. The van der Waals surface area contributed by atoms with E-state index in [4.69, 9.17) is 4.55 Å². The molecule has 0 unspecified atom stereocenters. The lowest BCUT2D eigenvalue weighted by atomic mass is 10.2. The molecule has 0 bridgehead atoms. The zero-order valence-electron chi connectivity index (χ0n) is 8.95. The van der Waals surface area contributed by atoms with Crippen LogP contribution >= 0.6 is 0 Å². The molecule has 0 spiro atoms. The van der Waals surface area contributed by atoms with Gasteiger partial charge in [-0.1, -0.05) is 17.7 Å². The number of aryl methyl sites for hydroxylation is 1. The minimum atomic E-state index is -4.02. The smallest absolute Gasteiger partial charge is 0.306 e. The topological polar surface area (TPSA) is 141 Å². The van der Waals surface area contributed by atoms with Crippen molar-refractivity contribution in [2.75, 3.05) is 0 Å². The minimum Gasteiger partial charge on any atom is -0.361 e. The summed E-state index contributed by atoms with van der Waals surface area (Å²) in [6.45, 7) is 1.84. The zero-order valence-corrected chi connectivity index (χ0v) is 9.77. The van der Waals surface area contributed by atoms with Crippen LogP contribution in [-0.2, 0) is 19.7 Å². The summed E-state index contributed by atoms with van der Waals surface area (Å²) >= 11 is 0. The van der Waals surface area contributed by atoms with Crippen LogP contribution in [0.1, 0.15) is 5.56 Å². The van der Waals surface area contributed by atoms with Gasteiger partial charge in [0.2, 0.25) is 0 Å². The molecule has 0 radical (unpaired) electrons. The summed E-state index contributed by atoms with van der Waals surface area (Å²) in [5.41, 5.74) is 9.60. The van der Waals surface area contributed by atoms with Crippen LogP contribution in [0.15, 0.2) is 29.2 Å². The van der Waals surface area contributed by atoms with E-state index in [0.29, 0.717) is 0 Å². The number of carbonyl (C=O) groups excluding carboxylic acids is 2. The highest BCUT2D eigenvalue weighted by atomic mass is 32.2. The number of rotatable bonds is 1. The van der Waals surface area contributed by atoms with Crippen molar-refractivity contribution in [1.82, 2.24) is 0 Å². The van der Waals surface area contributed by atoms with Crippen LogP contribution in [-0.4, -0.2) is 24.8 Å². The molecule has 1 rings (SSSR count). The van der Waals surface area contributed by atoms with Gasteiger partial charge in [-0.15, -0.1) is 0 Å². The molecule has 2 amide bonds. The van der Waals surface area contributed by atoms with Crippen LogP contribution in [0, 0.1) is 6.92 Å². The van der Waals surface area contributed by atoms with Crippen molar-refractivity contribution in [3.63, 3.8) is 0 Å². The second-order valence-electron chi connectivity index (χ2n) is 3.02. The Hall–Kier alpha value is -1.93. The van der Waals surface area contributed by atoms with Gasteiger partial charge < -0.3 is 11.5 Å². The fraction of sp³-hybridized carbons (Fsp3) is 0.111. The molecule has 0 heterocycles. The van der Waals surface area contributed by atoms with Gasteiger partial charge in [-0.25, -0.2) is 0 Å². The van der Waals surface area contributed by atoms with E-state index in [9.17, 15) is 18.0 Å². The summed E-state index contributed by atoms with van der Waals surface area (Å²) in [4.78, 5) is 18.8. The summed E-state index contributed by atoms with van der Waals surface area (Å²) in [6.07, 6.45) is 0. The van der Waals surface area contributed by atoms with Gasteiger partial charge in [0.05, 0.1) is 4.90 Å². The molecule has 94 valence electrons. The van der Waals surface area contributed by atoms with Crippen molar-refractivity contribution in [2.24, 2.45) is 11.5 Å². The largest absolute Gasteiger partial charge is 0.361 e. The summed E-state index contributed by atoms with van der Waals surface area (Å²) < 4.78 is 29.6. The second kappa shape index (κ2) is 5.97. The molecule has 0 aromatic heterocycles. The van der Waals surface area contributed by atoms with Crippen LogP contribution < -0.4 is 11.5 Å². The summed E-state index contributed by atoms with van der Waals surface area (Å²) in [5.74, 6) is -2.20. The normalized spacial score (nSPS) is 10.0. The highest BCUT2D eigenvalue weighted by Crippen LogP contribution is 2.08. The molecule has 1 aromatic carbocycles. The fourth-order valence-electron chi connectivity index (χ4n) is 0.710. The molecule has 0 fully saturated rings. The van der Waals surface area contributed by atoms with Crippen LogP contribution in [0.2, 0.25) is 0 Å². The van der Waals surface area contributed by atoms with Crippen molar-refractivity contribution in [1.29, 1.82) is 0 Å². The Morgan fingerprint density at radius 2 is 1.41 bits per heavy atom. The Morgan fingerprint density at radius 3 is 1.65 bits per heavy atom. The third kappa shape index (κ3) is 6.28. The first-order valence-corrected chi connectivity index (χ1v) is 5.72. The first-order valence-electron chi connectivity index (χ1n) is 4.28. The molecule has 0 aliphatic heterocycles. The van der Waals surface area contributed by atoms with Crippen molar-refractivity contribution < 1.29 is 22.6 Å². The molecule has 0 aliphatic rings. The lowest BCUT2D eigenvalue weighted by Crippen LogP contribution is -2.29. The summed E-state index contributed by atoms with van der Waals surface area (Å²) in [6, 6.07) is 5.99. The van der Waals surface area contributed by atoms with Gasteiger partial charge in [0.25, 0.3) is 10.1 Å². The van der Waals surface area contributed by atoms with Crippen molar-refractivity contribution in [3.05, 3.63) is 29.8 Å². The number of amides is 2. The van der Waals surface area contributed by atoms with Gasteiger partial charge in [-0.3, -0.25) is 14.1 Å². The molecular formula is C9H12N2O5S. The van der Waals surface area contributed by atoms with E-state index in [0.717, 1.165) is 5.56 Å². The highest BCUT2D eigenvalue weighted by Gasteiger charge is 2.06. The van der Waals surface area contributed by atoms with E-state index in [2.05, 4.69) is 11.5 Å². The molecule has 5 N–H and O–H groups in total. The molecular weight excluding hydrogens is 248 g/mol. The number of hydrogen-bond donors (Lipinski definition) is 3. The van der Waals surface area contributed by atoms with E-state index in [-0.39, 0.29) is 4.90 Å². The predicted molar refractivity (Wildman–Crippen MR) is 59.4 cm³/mol. The van der Waals surface area contributed by atoms with Crippen molar-refractivity contribution in [2.45, 2.75) is 11.8 Å². The maximum absolute atomic E-state index is 10.5. The van der Waals surface area contributed by atoms with E-state index in [1.807, 2.05) is 6.92 Å². The maximum atomic E-state index is 10.5. The monoisotopic (exact) mass is 260 g/mol. The van der Waals surface area contributed by atoms with E-state index < -0.39 is 21.9 Å². The highest BCUT2D eigenvalue weighted by molar-refractivity contribution is 7.85. The average Bonchev–Trinajstić information content (AvgIpc) is 2.17. The van der Waals surface area contributed by atoms with E-state index >= 15 is 0 Å². The SMILES string of the molecule is Cc1ccc(S(=O)(=O)O)cc1.NC(=O)C(N)=O. The van der Waals surface area contributed by atoms with Gasteiger partial charge in [-0.05, 0) is 19.1 Å². The molecule has 8 heteroatoms. The Labute approximate surface area is 98.2 Å². The lowest BCUT2D eigenvalue weighted by Gasteiger charge is -1.95. The van der Waals surface area contributed by atoms with Gasteiger partial charge in [-0.2, -0.15) is 8.42 Å². The summed E-state index contributed by atoms with van der Waals surface area (Å²) in [7, 11) is -4.02. The van der Waals surface area contributed by atoms with Crippen LogP contribution in [0.5, 0.6) is 0 Å². The van der Waals surface area contributed by atoms with E-state index in [1.165, 1.54) is 12.1 Å². The van der Waals surface area contributed by atoms with Gasteiger partial charge in [0.15, 0.2) is 0 Å². The Bertz CT molecular complexity index is 495. The van der Waals surface area contributed by atoms with Crippen LogP contribution in [0.4, 0.5) is 0 Å². The maximum Gasteiger partial charge on any atom is 0.306 e. The van der Waals surface area contributed by atoms with Gasteiger partial charge >= 0.3 is 11.8 Å². The zero-order chi connectivity index (χ0) is 13.6. The number of benzene rings is 1. The average molecular weight is 260 g/mol. The Kier molecular flexibility index (Phi) is 5.29. The quantitative estimate of drug-likeness (QED) is 0.447. The van der Waals surface area contributed by atoms with Crippen molar-refractivity contribution >= 4 is 21.9 Å². The molecule has 0 aliphatic carbocycles. The second-order valence-corrected chi connectivity index (χ2v) is 4.44. The predicted octanol–water partition coefficient (Wildman–Crippen LogP) is -0.801. The molecule has 0 saturated heterocycles. The third-order valence-corrected chi connectivity index (χ3v) is 2.43. The standard InChI is InChI=1S/C7H8O3S.C2H4N2O2/c1-6-2-4-7(5-3-6)11(8,9)10;3-1(5)2(4)6/h2-5H,1H3,(H,8,9,10);(H2,3,5)(H2,4,6). The Balaban J connectivity index is 0.000000366. The van der Waals surface area contributed by atoms with Gasteiger partial charge in [0, 0.05) is 0 Å². The van der Waals surface area contributed by atoms with Gasteiger partial charge in [0.1, 0.15) is 0 Å². The lowest BCUT2D eigenvalue weighted by molar-refractivity contribution is -0.135. The number of nitrogens with two attached hydrogens (primary N) is 2. The number of hydrogen-bond acceptors (Lipinski definition) is 4. The fourth-order valence-corrected chi connectivity index (χ4v) is 1.19. The molecule has 0 saturated carbocycles. The Morgan fingerprint density at radius 1 is 1.06 bits per heavy atom. The molecule has 1 aromatic rings. The molecule has 7 nitrogen and oxygen atoms in total. The first kappa shape index (κ1) is 15.1. The third-order valence-electron chi connectivity index (χ3n) is 1.56. The van der Waals surface area contributed by atoms with Crippen molar-refractivity contribution in [3.8, 4) is 0 Å². The van der Waals surface area contributed by atoms with E-state index in [1.54, 1.807) is 12.1 Å².